The molecule has 1 N–H and O–H groups in total. The molecule has 2 rings (SSSR count). The molecule has 2 aromatic rings. The number of rotatable bonds is 2. The zero-order valence-corrected chi connectivity index (χ0v) is 14.4. The molecule has 0 amide bonds. The first-order chi connectivity index (χ1) is 10.1. The maximum absolute atomic E-state index is 10.0. The van der Waals surface area contributed by atoms with Gasteiger partial charge in [0.15, 0.2) is 11.5 Å². The summed E-state index contributed by atoms with van der Waals surface area (Å²) >= 11 is 0. The van der Waals surface area contributed by atoms with E-state index in [4.69, 9.17) is 4.74 Å². The van der Waals surface area contributed by atoms with E-state index in [0.29, 0.717) is 5.75 Å². The van der Waals surface area contributed by atoms with Gasteiger partial charge < -0.3 is 9.84 Å². The van der Waals surface area contributed by atoms with Gasteiger partial charge in [0, 0.05) is 0 Å². The van der Waals surface area contributed by atoms with E-state index in [0.717, 1.165) is 11.3 Å². The summed E-state index contributed by atoms with van der Waals surface area (Å²) in [6.07, 6.45) is 0. The highest BCUT2D eigenvalue weighted by Crippen LogP contribution is 2.35. The molecule has 0 aromatic heterocycles. The first-order valence-electron chi connectivity index (χ1n) is 7.69. The second kappa shape index (κ2) is 5.68. The Morgan fingerprint density at radius 3 is 1.73 bits per heavy atom. The maximum Gasteiger partial charge on any atom is 0.169 e. The number of benzene rings is 2. The number of aromatic hydroxyl groups is 1. The van der Waals surface area contributed by atoms with Crippen LogP contribution in [0, 0.1) is 0 Å². The van der Waals surface area contributed by atoms with Crippen LogP contribution in [0.25, 0.3) is 0 Å². The third kappa shape index (κ3) is 3.82. The molecule has 0 bridgehead atoms. The monoisotopic (exact) mass is 298 g/mol. The van der Waals surface area contributed by atoms with Crippen molar-refractivity contribution in [2.75, 3.05) is 0 Å². The minimum atomic E-state index is 0.0158. The molecule has 0 aliphatic rings. The van der Waals surface area contributed by atoms with Crippen LogP contribution in [0.5, 0.6) is 17.2 Å². The number of phenolic OH excluding ortho intramolecular Hbond substituents is 1. The van der Waals surface area contributed by atoms with Crippen molar-refractivity contribution in [3.05, 3.63) is 53.6 Å². The molecular formula is C20H26O2. The lowest BCUT2D eigenvalue weighted by atomic mass is 9.87. The number of hydrogen-bond acceptors (Lipinski definition) is 2. The molecule has 0 saturated heterocycles. The van der Waals surface area contributed by atoms with Crippen molar-refractivity contribution in [2.45, 2.75) is 52.4 Å². The Bertz CT molecular complexity index is 641. The number of ether oxygens (including phenoxy) is 1. The molecule has 2 heteroatoms. The van der Waals surface area contributed by atoms with E-state index in [1.165, 1.54) is 5.56 Å². The van der Waals surface area contributed by atoms with Crippen molar-refractivity contribution >= 4 is 0 Å². The Balaban J connectivity index is 2.27. The Morgan fingerprint density at radius 1 is 0.727 bits per heavy atom. The fourth-order valence-electron chi connectivity index (χ4n) is 2.21. The second-order valence-electron chi connectivity index (χ2n) is 7.81. The molecule has 0 aliphatic heterocycles. The third-order valence-corrected chi connectivity index (χ3v) is 3.77. The van der Waals surface area contributed by atoms with Gasteiger partial charge in [-0.3, -0.25) is 0 Å². The van der Waals surface area contributed by atoms with Crippen molar-refractivity contribution in [1.82, 2.24) is 0 Å². The summed E-state index contributed by atoms with van der Waals surface area (Å²) in [5.74, 6) is 1.39. The van der Waals surface area contributed by atoms with Crippen LogP contribution in [0.3, 0.4) is 0 Å². The average Bonchev–Trinajstić information content (AvgIpc) is 2.39. The van der Waals surface area contributed by atoms with Gasteiger partial charge in [-0.05, 0) is 46.2 Å². The van der Waals surface area contributed by atoms with Crippen LogP contribution in [0.4, 0.5) is 0 Å². The van der Waals surface area contributed by atoms with Gasteiger partial charge in [0.05, 0.1) is 0 Å². The molecule has 0 atom stereocenters. The molecule has 0 unspecified atom stereocenters. The predicted octanol–water partition coefficient (Wildman–Crippen LogP) is 5.78. The van der Waals surface area contributed by atoms with Gasteiger partial charge in [0.25, 0.3) is 0 Å². The van der Waals surface area contributed by atoms with Gasteiger partial charge in [-0.15, -0.1) is 0 Å². The van der Waals surface area contributed by atoms with Gasteiger partial charge in [-0.2, -0.15) is 0 Å². The number of phenols is 1. The Kier molecular flexibility index (Phi) is 4.23. The maximum atomic E-state index is 10.0. The molecule has 0 heterocycles. The molecular weight excluding hydrogens is 272 g/mol. The van der Waals surface area contributed by atoms with E-state index in [-0.39, 0.29) is 16.6 Å². The van der Waals surface area contributed by atoms with E-state index in [1.54, 1.807) is 6.07 Å². The fraction of sp³-hybridized carbons (Fsp3) is 0.400. The van der Waals surface area contributed by atoms with Crippen LogP contribution in [-0.4, -0.2) is 5.11 Å². The zero-order valence-electron chi connectivity index (χ0n) is 14.4. The van der Waals surface area contributed by atoms with Crippen molar-refractivity contribution in [1.29, 1.82) is 0 Å². The normalized spacial score (nSPS) is 12.3. The molecule has 118 valence electrons. The number of hydrogen-bond donors (Lipinski definition) is 1. The van der Waals surface area contributed by atoms with Crippen LogP contribution in [-0.2, 0) is 10.8 Å². The topological polar surface area (TPSA) is 29.5 Å². The minimum Gasteiger partial charge on any atom is -0.504 e. The summed E-state index contributed by atoms with van der Waals surface area (Å²) in [5, 5.41) is 10.0. The third-order valence-electron chi connectivity index (χ3n) is 3.77. The lowest BCUT2D eigenvalue weighted by Gasteiger charge is -2.21. The summed E-state index contributed by atoms with van der Waals surface area (Å²) in [7, 11) is 0. The lowest BCUT2D eigenvalue weighted by Crippen LogP contribution is -2.11. The highest BCUT2D eigenvalue weighted by atomic mass is 16.5. The van der Waals surface area contributed by atoms with Gasteiger partial charge in [-0.25, -0.2) is 0 Å². The van der Waals surface area contributed by atoms with Crippen LogP contribution in [0.15, 0.2) is 42.5 Å². The van der Waals surface area contributed by atoms with Crippen LogP contribution in [0.1, 0.15) is 52.7 Å². The first-order valence-corrected chi connectivity index (χ1v) is 7.69. The summed E-state index contributed by atoms with van der Waals surface area (Å²) < 4.78 is 5.86. The van der Waals surface area contributed by atoms with Gasteiger partial charge in [0.2, 0.25) is 0 Å². The molecule has 0 saturated carbocycles. The van der Waals surface area contributed by atoms with Gasteiger partial charge in [0.1, 0.15) is 5.75 Å². The zero-order chi connectivity index (χ0) is 16.5. The van der Waals surface area contributed by atoms with E-state index < -0.39 is 0 Å². The summed E-state index contributed by atoms with van der Waals surface area (Å²) in [4.78, 5) is 0. The first kappa shape index (κ1) is 16.4. The molecule has 0 fully saturated rings. The van der Waals surface area contributed by atoms with Crippen molar-refractivity contribution < 1.29 is 9.84 Å². The lowest BCUT2D eigenvalue weighted by molar-refractivity contribution is 0.409. The summed E-state index contributed by atoms with van der Waals surface area (Å²) in [6, 6.07) is 13.6. The molecule has 0 radical (unpaired) electrons. The predicted molar refractivity (Wildman–Crippen MR) is 92.0 cm³/mol. The quantitative estimate of drug-likeness (QED) is 0.761. The highest BCUT2D eigenvalue weighted by molar-refractivity contribution is 5.46. The minimum absolute atomic E-state index is 0.0158. The molecule has 0 spiro atoms. The van der Waals surface area contributed by atoms with Gasteiger partial charge >= 0.3 is 0 Å². The second-order valence-corrected chi connectivity index (χ2v) is 7.81. The van der Waals surface area contributed by atoms with Crippen LogP contribution in [0.2, 0.25) is 0 Å². The molecule has 2 aromatic carbocycles. The SMILES string of the molecule is CC(C)(C)c1ccc(Oc2cc(C(C)(C)C)ccc2O)cc1. The smallest absolute Gasteiger partial charge is 0.169 e. The highest BCUT2D eigenvalue weighted by Gasteiger charge is 2.17. The standard InChI is InChI=1S/C20H26O2/c1-19(2,3)14-7-10-16(11-8-14)22-18-13-15(20(4,5)6)9-12-17(18)21/h7-13,21H,1-6H3. The Morgan fingerprint density at radius 2 is 1.23 bits per heavy atom. The summed E-state index contributed by atoms with van der Waals surface area (Å²) in [6.45, 7) is 13.0. The van der Waals surface area contributed by atoms with E-state index >= 15 is 0 Å². The van der Waals surface area contributed by atoms with Crippen LogP contribution < -0.4 is 4.74 Å². The van der Waals surface area contributed by atoms with Crippen molar-refractivity contribution in [3.63, 3.8) is 0 Å². The molecule has 0 aliphatic carbocycles. The van der Waals surface area contributed by atoms with Crippen molar-refractivity contribution in [2.24, 2.45) is 0 Å². The van der Waals surface area contributed by atoms with Gasteiger partial charge in [-0.1, -0.05) is 59.7 Å². The van der Waals surface area contributed by atoms with Crippen LogP contribution >= 0.6 is 0 Å². The summed E-state index contributed by atoms with van der Waals surface area (Å²) in [5.41, 5.74) is 2.52. The fourth-order valence-corrected chi connectivity index (χ4v) is 2.21. The molecule has 22 heavy (non-hydrogen) atoms. The average molecular weight is 298 g/mol. The van der Waals surface area contributed by atoms with E-state index in [2.05, 4.69) is 53.7 Å². The largest absolute Gasteiger partial charge is 0.504 e. The Labute approximate surface area is 133 Å². The van der Waals surface area contributed by atoms with E-state index in [9.17, 15) is 5.11 Å². The van der Waals surface area contributed by atoms with Crippen molar-refractivity contribution in [3.8, 4) is 17.2 Å². The van der Waals surface area contributed by atoms with E-state index in [1.807, 2.05) is 24.3 Å². The molecule has 2 nitrogen and oxygen atoms in total. The Hall–Kier alpha value is -1.96.